The van der Waals surface area contributed by atoms with Crippen LogP contribution < -0.4 is 9.64 Å². The van der Waals surface area contributed by atoms with Gasteiger partial charge in [-0.1, -0.05) is 48.5 Å². The van der Waals surface area contributed by atoms with Crippen molar-refractivity contribution in [1.82, 2.24) is 4.98 Å². The van der Waals surface area contributed by atoms with Gasteiger partial charge in [0.25, 0.3) is 0 Å². The summed E-state index contributed by atoms with van der Waals surface area (Å²) < 4.78 is 11.6. The topological polar surface area (TPSA) is 34.6 Å². The Morgan fingerprint density at radius 3 is 2.54 bits per heavy atom. The summed E-state index contributed by atoms with van der Waals surface area (Å²) in [5, 5.41) is 1.13. The van der Waals surface area contributed by atoms with E-state index in [0.29, 0.717) is 12.5 Å². The maximum atomic E-state index is 6.09. The lowest BCUT2D eigenvalue weighted by molar-refractivity contribution is 0.122. The number of aromatic nitrogens is 1. The van der Waals surface area contributed by atoms with Crippen LogP contribution in [0.1, 0.15) is 5.56 Å². The minimum absolute atomic E-state index is 0.517. The van der Waals surface area contributed by atoms with Gasteiger partial charge in [0.2, 0.25) is 5.88 Å². The van der Waals surface area contributed by atoms with Gasteiger partial charge in [0.05, 0.1) is 18.7 Å². The van der Waals surface area contributed by atoms with Gasteiger partial charge in [0.15, 0.2) is 0 Å². The van der Waals surface area contributed by atoms with Gasteiger partial charge < -0.3 is 14.4 Å². The largest absolute Gasteiger partial charge is 0.471 e. The molecule has 0 radical (unpaired) electrons. The predicted octanol–water partition coefficient (Wildman–Crippen LogP) is 3.65. The van der Waals surface area contributed by atoms with Crippen LogP contribution in [0.25, 0.3) is 10.9 Å². The Hall–Kier alpha value is -2.59. The average Bonchev–Trinajstić information content (AvgIpc) is 2.67. The fourth-order valence-electron chi connectivity index (χ4n) is 2.95. The van der Waals surface area contributed by atoms with Crippen molar-refractivity contribution in [2.24, 2.45) is 0 Å². The first-order valence-corrected chi connectivity index (χ1v) is 8.29. The number of fused-ring (bicyclic) bond motifs is 1. The number of anilines is 1. The molecule has 0 bridgehead atoms. The molecular formula is C20H20N2O2. The highest BCUT2D eigenvalue weighted by Gasteiger charge is 2.18. The monoisotopic (exact) mass is 320 g/mol. The van der Waals surface area contributed by atoms with Crippen molar-refractivity contribution in [1.29, 1.82) is 0 Å². The van der Waals surface area contributed by atoms with Crippen molar-refractivity contribution in [2.75, 3.05) is 31.2 Å². The lowest BCUT2D eigenvalue weighted by atomic mass is 10.2. The molecule has 4 heteroatoms. The summed E-state index contributed by atoms with van der Waals surface area (Å²) in [6, 6.07) is 20.5. The molecule has 0 N–H and O–H groups in total. The van der Waals surface area contributed by atoms with E-state index in [4.69, 9.17) is 14.5 Å². The molecule has 0 saturated carbocycles. The summed E-state index contributed by atoms with van der Waals surface area (Å²) in [7, 11) is 0. The molecule has 4 nitrogen and oxygen atoms in total. The summed E-state index contributed by atoms with van der Waals surface area (Å²) in [5.74, 6) is 0.694. The average molecular weight is 320 g/mol. The number of pyridine rings is 1. The van der Waals surface area contributed by atoms with Gasteiger partial charge in [0, 0.05) is 18.5 Å². The number of nitrogens with zero attached hydrogens (tertiary/aromatic N) is 2. The molecule has 0 atom stereocenters. The van der Waals surface area contributed by atoms with E-state index in [2.05, 4.69) is 29.2 Å². The molecule has 1 aliphatic heterocycles. The van der Waals surface area contributed by atoms with Crippen LogP contribution in [0.3, 0.4) is 0 Å². The van der Waals surface area contributed by atoms with E-state index in [1.807, 2.05) is 36.4 Å². The summed E-state index contributed by atoms with van der Waals surface area (Å²) in [5.41, 5.74) is 3.14. The summed E-state index contributed by atoms with van der Waals surface area (Å²) in [6.07, 6.45) is 0. The molecule has 122 valence electrons. The normalized spacial score (nSPS) is 14.8. The lowest BCUT2D eigenvalue weighted by Crippen LogP contribution is -2.36. The third-order valence-corrected chi connectivity index (χ3v) is 4.24. The second kappa shape index (κ2) is 6.89. The molecule has 4 rings (SSSR count). The number of rotatable bonds is 4. The van der Waals surface area contributed by atoms with Crippen LogP contribution in [-0.2, 0) is 11.3 Å². The van der Waals surface area contributed by atoms with Crippen LogP contribution in [0.5, 0.6) is 5.88 Å². The molecule has 2 aromatic carbocycles. The quantitative estimate of drug-likeness (QED) is 0.735. The minimum atomic E-state index is 0.517. The summed E-state index contributed by atoms with van der Waals surface area (Å²) in [4.78, 5) is 7.06. The van der Waals surface area contributed by atoms with Crippen LogP contribution in [0.2, 0.25) is 0 Å². The Labute approximate surface area is 141 Å². The molecule has 3 aromatic rings. The maximum absolute atomic E-state index is 6.09. The Balaban J connectivity index is 1.67. The lowest BCUT2D eigenvalue weighted by Gasteiger charge is -2.30. The fourth-order valence-corrected chi connectivity index (χ4v) is 2.95. The van der Waals surface area contributed by atoms with E-state index < -0.39 is 0 Å². The van der Waals surface area contributed by atoms with Crippen LogP contribution >= 0.6 is 0 Å². The van der Waals surface area contributed by atoms with Crippen molar-refractivity contribution < 1.29 is 9.47 Å². The molecule has 0 spiro atoms. The molecule has 1 saturated heterocycles. The van der Waals surface area contributed by atoms with Gasteiger partial charge in [0.1, 0.15) is 12.3 Å². The molecule has 0 amide bonds. The smallest absolute Gasteiger partial charge is 0.238 e. The summed E-state index contributed by atoms with van der Waals surface area (Å²) in [6.45, 7) is 3.73. The van der Waals surface area contributed by atoms with E-state index in [1.54, 1.807) is 0 Å². The Bertz CT molecular complexity index is 814. The second-order valence-corrected chi connectivity index (χ2v) is 5.88. The van der Waals surface area contributed by atoms with Crippen molar-refractivity contribution in [3.63, 3.8) is 0 Å². The number of para-hydroxylation sites is 1. The predicted molar refractivity (Wildman–Crippen MR) is 95.5 cm³/mol. The molecule has 1 aromatic heterocycles. The highest BCUT2D eigenvalue weighted by atomic mass is 16.5. The molecule has 1 aliphatic rings. The molecule has 0 aliphatic carbocycles. The van der Waals surface area contributed by atoms with Crippen molar-refractivity contribution in [3.05, 3.63) is 66.2 Å². The van der Waals surface area contributed by atoms with E-state index >= 15 is 0 Å². The zero-order chi connectivity index (χ0) is 16.2. The first-order chi connectivity index (χ1) is 11.9. The Morgan fingerprint density at radius 1 is 0.958 bits per heavy atom. The van der Waals surface area contributed by atoms with Gasteiger partial charge in [-0.3, -0.25) is 0 Å². The van der Waals surface area contributed by atoms with E-state index in [0.717, 1.165) is 48.5 Å². The standard InChI is InChI=1S/C20H20N2O2/c1-2-6-16(7-3-1)15-24-20-19(22-10-12-23-13-11-22)14-17-8-4-5-9-18(17)21-20/h1-9,14H,10-13,15H2. The molecule has 24 heavy (non-hydrogen) atoms. The van der Waals surface area contributed by atoms with Gasteiger partial charge in [-0.15, -0.1) is 0 Å². The first-order valence-electron chi connectivity index (χ1n) is 8.29. The molecule has 1 fully saturated rings. The number of hydrogen-bond donors (Lipinski definition) is 0. The number of benzene rings is 2. The second-order valence-electron chi connectivity index (χ2n) is 5.88. The van der Waals surface area contributed by atoms with Crippen LogP contribution in [0, 0.1) is 0 Å². The van der Waals surface area contributed by atoms with Crippen LogP contribution in [-0.4, -0.2) is 31.3 Å². The van der Waals surface area contributed by atoms with Crippen LogP contribution in [0.4, 0.5) is 5.69 Å². The van der Waals surface area contributed by atoms with Gasteiger partial charge in [-0.25, -0.2) is 4.98 Å². The molecule has 0 unspecified atom stereocenters. The van der Waals surface area contributed by atoms with Gasteiger partial charge >= 0.3 is 0 Å². The highest BCUT2D eigenvalue weighted by Crippen LogP contribution is 2.31. The SMILES string of the molecule is c1ccc(COc2nc3ccccc3cc2N2CCOCC2)cc1. The van der Waals surface area contributed by atoms with Crippen LogP contribution in [0.15, 0.2) is 60.7 Å². The van der Waals surface area contributed by atoms with E-state index in [1.165, 1.54) is 0 Å². The zero-order valence-electron chi connectivity index (χ0n) is 13.5. The summed E-state index contributed by atoms with van der Waals surface area (Å²) >= 11 is 0. The number of morpholine rings is 1. The van der Waals surface area contributed by atoms with Gasteiger partial charge in [-0.05, 0) is 17.7 Å². The van der Waals surface area contributed by atoms with E-state index in [-0.39, 0.29) is 0 Å². The Kier molecular flexibility index (Phi) is 4.30. The van der Waals surface area contributed by atoms with E-state index in [9.17, 15) is 0 Å². The highest BCUT2D eigenvalue weighted by molar-refractivity contribution is 5.84. The number of hydrogen-bond acceptors (Lipinski definition) is 4. The minimum Gasteiger partial charge on any atom is -0.471 e. The Morgan fingerprint density at radius 2 is 1.71 bits per heavy atom. The third kappa shape index (κ3) is 3.19. The third-order valence-electron chi connectivity index (χ3n) is 4.24. The first kappa shape index (κ1) is 15.0. The van der Waals surface area contributed by atoms with Crippen molar-refractivity contribution in [3.8, 4) is 5.88 Å². The number of ether oxygens (including phenoxy) is 2. The fraction of sp³-hybridized carbons (Fsp3) is 0.250. The van der Waals surface area contributed by atoms with Crippen molar-refractivity contribution in [2.45, 2.75) is 6.61 Å². The van der Waals surface area contributed by atoms with Gasteiger partial charge in [-0.2, -0.15) is 0 Å². The molecule has 2 heterocycles. The zero-order valence-corrected chi connectivity index (χ0v) is 13.5. The maximum Gasteiger partial charge on any atom is 0.238 e. The molecular weight excluding hydrogens is 300 g/mol. The van der Waals surface area contributed by atoms with Crippen molar-refractivity contribution >= 4 is 16.6 Å².